The Labute approximate surface area is 124 Å². The van der Waals surface area contributed by atoms with E-state index in [9.17, 15) is 9.59 Å². The van der Waals surface area contributed by atoms with Crippen LogP contribution in [-0.2, 0) is 14.1 Å². The Balaban J connectivity index is 2.35. The molecule has 21 heavy (non-hydrogen) atoms. The van der Waals surface area contributed by atoms with E-state index < -0.39 is 0 Å². The quantitative estimate of drug-likeness (QED) is 0.827. The molecular weight excluding hydrogens is 290 g/mol. The maximum atomic E-state index is 12.5. The molecule has 1 aliphatic heterocycles. The minimum Gasteiger partial charge on any atom is -0.334 e. The molecule has 8 heteroatoms. The molecule has 0 saturated carbocycles. The normalized spacial score (nSPS) is 14.5. The van der Waals surface area contributed by atoms with Crippen LogP contribution in [0, 0.1) is 6.92 Å². The average Bonchev–Trinajstić information content (AvgIpc) is 2.98. The second-order valence-corrected chi connectivity index (χ2v) is 5.96. The number of rotatable bonds is 1. The highest BCUT2D eigenvalue weighted by Gasteiger charge is 2.17. The van der Waals surface area contributed by atoms with Crippen LogP contribution in [0.1, 0.15) is 5.56 Å². The van der Waals surface area contributed by atoms with Gasteiger partial charge >= 0.3 is 5.69 Å². The van der Waals surface area contributed by atoms with Gasteiger partial charge in [-0.3, -0.25) is 18.9 Å². The summed E-state index contributed by atoms with van der Waals surface area (Å²) in [5.41, 5.74) is 1.15. The summed E-state index contributed by atoms with van der Waals surface area (Å²) in [6.45, 7) is 2.64. The molecule has 1 aliphatic rings. The molecule has 0 saturated heterocycles. The number of amidine groups is 1. The summed E-state index contributed by atoms with van der Waals surface area (Å²) in [6, 6.07) is 0. The van der Waals surface area contributed by atoms with Crippen molar-refractivity contribution in [1.82, 2.24) is 14.1 Å². The van der Waals surface area contributed by atoms with Crippen molar-refractivity contribution in [2.75, 3.05) is 17.6 Å². The number of thioether (sulfide) groups is 1. The highest BCUT2D eigenvalue weighted by Crippen LogP contribution is 2.24. The Morgan fingerprint density at radius 1 is 1.29 bits per heavy atom. The van der Waals surface area contributed by atoms with Gasteiger partial charge in [0.2, 0.25) is 0 Å². The molecule has 0 atom stereocenters. The van der Waals surface area contributed by atoms with E-state index in [1.165, 1.54) is 11.6 Å². The lowest BCUT2D eigenvalue weighted by atomic mass is 10.2. The molecule has 3 rings (SSSR count). The first-order valence-electron chi connectivity index (χ1n) is 6.50. The van der Waals surface area contributed by atoms with Crippen molar-refractivity contribution >= 4 is 33.7 Å². The van der Waals surface area contributed by atoms with Crippen molar-refractivity contribution in [2.24, 2.45) is 19.1 Å². The fourth-order valence-corrected chi connectivity index (χ4v) is 3.03. The third-order valence-electron chi connectivity index (χ3n) is 3.48. The van der Waals surface area contributed by atoms with Crippen molar-refractivity contribution in [1.29, 1.82) is 0 Å². The second-order valence-electron chi connectivity index (χ2n) is 4.88. The summed E-state index contributed by atoms with van der Waals surface area (Å²) in [5, 5.41) is 4.42. The van der Waals surface area contributed by atoms with Gasteiger partial charge in [-0.1, -0.05) is 11.8 Å². The molecule has 3 heterocycles. The van der Waals surface area contributed by atoms with Crippen LogP contribution < -0.4 is 16.6 Å². The standard InChI is InChI=1S/C13H15N5O2S/c1-7-6-15-10-8(9(7)16-12-14-4-5-21-12)11(19)18(3)13(20)17(10)2/h6H,4-5H2,1-3H3,(H,14,15,16). The van der Waals surface area contributed by atoms with E-state index in [1.54, 1.807) is 25.0 Å². The molecule has 1 N–H and O–H groups in total. The van der Waals surface area contributed by atoms with Crippen LogP contribution in [0.25, 0.3) is 11.0 Å². The molecule has 7 nitrogen and oxygen atoms in total. The van der Waals surface area contributed by atoms with Crippen LogP contribution in [-0.4, -0.2) is 31.6 Å². The van der Waals surface area contributed by atoms with E-state index in [0.29, 0.717) is 16.7 Å². The number of aromatic nitrogens is 3. The van der Waals surface area contributed by atoms with Crippen LogP contribution in [0.4, 0.5) is 5.69 Å². The predicted molar refractivity (Wildman–Crippen MR) is 85.3 cm³/mol. The summed E-state index contributed by atoms with van der Waals surface area (Å²) in [5.74, 6) is 0.931. The lowest BCUT2D eigenvalue weighted by Crippen LogP contribution is -2.37. The predicted octanol–water partition coefficient (Wildman–Crippen LogP) is 0.455. The van der Waals surface area contributed by atoms with Gasteiger partial charge in [-0.25, -0.2) is 9.78 Å². The number of aryl methyl sites for hydroxylation is 2. The summed E-state index contributed by atoms with van der Waals surface area (Å²) < 4.78 is 2.48. The van der Waals surface area contributed by atoms with E-state index in [-0.39, 0.29) is 11.2 Å². The van der Waals surface area contributed by atoms with Crippen molar-refractivity contribution in [3.63, 3.8) is 0 Å². The van der Waals surface area contributed by atoms with Crippen LogP contribution in [0.2, 0.25) is 0 Å². The Morgan fingerprint density at radius 2 is 2.05 bits per heavy atom. The summed E-state index contributed by atoms with van der Waals surface area (Å²) in [4.78, 5) is 33.0. The molecule has 0 amide bonds. The molecule has 0 bridgehead atoms. The van der Waals surface area contributed by atoms with Gasteiger partial charge in [0, 0.05) is 26.0 Å². The molecular formula is C13H15N5O2S. The van der Waals surface area contributed by atoms with Crippen molar-refractivity contribution < 1.29 is 0 Å². The monoisotopic (exact) mass is 305 g/mol. The SMILES string of the molecule is Cc1cnc2c(c1NC1=NCCS1)c(=O)n(C)c(=O)n2C. The van der Waals surface area contributed by atoms with Crippen molar-refractivity contribution in [3.8, 4) is 0 Å². The number of anilines is 1. The smallest absolute Gasteiger partial charge is 0.332 e. The van der Waals surface area contributed by atoms with E-state index in [4.69, 9.17) is 0 Å². The second kappa shape index (κ2) is 5.03. The zero-order valence-electron chi connectivity index (χ0n) is 12.0. The number of hydrogen-bond donors (Lipinski definition) is 1. The van der Waals surface area contributed by atoms with Gasteiger partial charge < -0.3 is 5.32 Å². The van der Waals surface area contributed by atoms with Crippen molar-refractivity contribution in [2.45, 2.75) is 6.92 Å². The van der Waals surface area contributed by atoms with E-state index in [1.807, 2.05) is 6.92 Å². The zero-order chi connectivity index (χ0) is 15.1. The van der Waals surface area contributed by atoms with Crippen molar-refractivity contribution in [3.05, 3.63) is 32.6 Å². The van der Waals surface area contributed by atoms with E-state index in [2.05, 4.69) is 15.3 Å². The molecule has 110 valence electrons. The van der Waals surface area contributed by atoms with Gasteiger partial charge in [-0.2, -0.15) is 0 Å². The average molecular weight is 305 g/mol. The maximum absolute atomic E-state index is 12.5. The number of aliphatic imine (C=N–C) groups is 1. The molecule has 0 aliphatic carbocycles. The number of fused-ring (bicyclic) bond motifs is 1. The Hall–Kier alpha value is -2.09. The largest absolute Gasteiger partial charge is 0.334 e. The third-order valence-corrected chi connectivity index (χ3v) is 4.37. The first kappa shape index (κ1) is 13.9. The maximum Gasteiger partial charge on any atom is 0.332 e. The van der Waals surface area contributed by atoms with Gasteiger partial charge in [0.15, 0.2) is 10.8 Å². The Morgan fingerprint density at radius 3 is 2.71 bits per heavy atom. The third kappa shape index (κ3) is 2.15. The summed E-state index contributed by atoms with van der Waals surface area (Å²) in [6.07, 6.45) is 1.66. The van der Waals surface area contributed by atoms with Gasteiger partial charge in [-0.15, -0.1) is 0 Å². The van der Waals surface area contributed by atoms with Crippen LogP contribution in [0.15, 0.2) is 20.8 Å². The lowest BCUT2D eigenvalue weighted by Gasteiger charge is -2.13. The van der Waals surface area contributed by atoms with Gasteiger partial charge in [0.05, 0.1) is 12.2 Å². The summed E-state index contributed by atoms with van der Waals surface area (Å²) in [7, 11) is 3.08. The number of nitrogens with zero attached hydrogens (tertiary/aromatic N) is 4. The molecule has 2 aromatic heterocycles. The molecule has 0 radical (unpaired) electrons. The highest BCUT2D eigenvalue weighted by molar-refractivity contribution is 8.14. The molecule has 0 spiro atoms. The zero-order valence-corrected chi connectivity index (χ0v) is 12.8. The minimum absolute atomic E-state index is 0.351. The highest BCUT2D eigenvalue weighted by atomic mass is 32.2. The van der Waals surface area contributed by atoms with E-state index >= 15 is 0 Å². The van der Waals surface area contributed by atoms with Gasteiger partial charge in [0.1, 0.15) is 5.39 Å². The Kier molecular flexibility index (Phi) is 3.32. The number of nitrogens with one attached hydrogen (secondary N) is 1. The topological polar surface area (TPSA) is 81.3 Å². The fraction of sp³-hybridized carbons (Fsp3) is 0.385. The van der Waals surface area contributed by atoms with Gasteiger partial charge in [-0.05, 0) is 12.5 Å². The lowest BCUT2D eigenvalue weighted by molar-refractivity contribution is 0.707. The van der Waals surface area contributed by atoms with Crippen LogP contribution in [0.5, 0.6) is 0 Å². The molecule has 0 fully saturated rings. The first-order valence-corrected chi connectivity index (χ1v) is 7.49. The number of pyridine rings is 1. The van der Waals surface area contributed by atoms with E-state index in [0.717, 1.165) is 27.6 Å². The number of hydrogen-bond acceptors (Lipinski definition) is 6. The van der Waals surface area contributed by atoms with Crippen LogP contribution in [0.3, 0.4) is 0 Å². The Bertz CT molecular complexity index is 881. The minimum atomic E-state index is -0.387. The summed E-state index contributed by atoms with van der Waals surface area (Å²) >= 11 is 1.61. The van der Waals surface area contributed by atoms with Crippen LogP contribution >= 0.6 is 11.8 Å². The first-order chi connectivity index (χ1) is 10.0. The van der Waals surface area contributed by atoms with Gasteiger partial charge in [0.25, 0.3) is 5.56 Å². The molecule has 2 aromatic rings. The fourth-order valence-electron chi connectivity index (χ4n) is 2.30. The molecule has 0 aromatic carbocycles. The molecule has 0 unspecified atom stereocenters.